The number of aromatic carboxylic acids is 1. The van der Waals surface area contributed by atoms with E-state index in [4.69, 9.17) is 4.98 Å². The maximum atomic E-state index is 14.5. The SMILES string of the molecule is O=C(O)c1ccc2c(C3CCCCC3)c3n(c2c1)CCCNc1c-3ccc2nc(-c3ccccc3F)ccc12. The first-order valence-corrected chi connectivity index (χ1v) is 13.9. The highest BCUT2D eigenvalue weighted by Crippen LogP contribution is 2.47. The van der Waals surface area contributed by atoms with Gasteiger partial charge in [-0.15, -0.1) is 0 Å². The van der Waals surface area contributed by atoms with Crippen molar-refractivity contribution in [2.45, 2.75) is 51.0 Å². The second-order valence-corrected chi connectivity index (χ2v) is 10.8. The summed E-state index contributed by atoms with van der Waals surface area (Å²) in [4.78, 5) is 16.7. The van der Waals surface area contributed by atoms with Crippen molar-refractivity contribution in [2.24, 2.45) is 0 Å². The summed E-state index contributed by atoms with van der Waals surface area (Å²) in [5.41, 5.74) is 7.96. The van der Waals surface area contributed by atoms with Gasteiger partial charge in [-0.2, -0.15) is 0 Å². The zero-order chi connectivity index (χ0) is 26.5. The third kappa shape index (κ3) is 3.97. The third-order valence-electron chi connectivity index (χ3n) is 8.50. The molecule has 5 nitrogen and oxygen atoms in total. The number of halogens is 1. The standard InChI is InChI=1S/C33H30FN3O2/c34-26-10-5-4-9-22(26)27-15-13-23-28(36-27)16-14-25-31(23)35-17-6-18-37-29-19-21(33(38)39)11-12-24(29)30(32(25)37)20-7-2-1-3-8-20/h4-5,9-16,19-20,35H,1-3,6-8,17-18H2,(H,38,39). The fourth-order valence-corrected chi connectivity index (χ4v) is 6.70. The van der Waals surface area contributed by atoms with Gasteiger partial charge in [-0.1, -0.05) is 37.5 Å². The topological polar surface area (TPSA) is 67.2 Å². The number of benzene rings is 3. The van der Waals surface area contributed by atoms with E-state index in [1.165, 1.54) is 42.0 Å². The van der Waals surface area contributed by atoms with Crippen molar-refractivity contribution in [1.82, 2.24) is 9.55 Å². The Morgan fingerprint density at radius 1 is 0.923 bits per heavy atom. The first-order valence-electron chi connectivity index (χ1n) is 13.9. The van der Waals surface area contributed by atoms with Gasteiger partial charge in [0.05, 0.1) is 28.2 Å². The van der Waals surface area contributed by atoms with E-state index in [-0.39, 0.29) is 5.82 Å². The van der Waals surface area contributed by atoms with Crippen LogP contribution in [0.25, 0.3) is 44.3 Å². The van der Waals surface area contributed by atoms with Crippen LogP contribution in [0.4, 0.5) is 10.1 Å². The van der Waals surface area contributed by atoms with Crippen molar-refractivity contribution in [3.63, 3.8) is 0 Å². The largest absolute Gasteiger partial charge is 0.478 e. The number of rotatable bonds is 3. The number of aromatic nitrogens is 2. The predicted octanol–water partition coefficient (Wildman–Crippen LogP) is 8.22. The van der Waals surface area contributed by atoms with Gasteiger partial charge in [0.25, 0.3) is 0 Å². The highest BCUT2D eigenvalue weighted by Gasteiger charge is 2.29. The van der Waals surface area contributed by atoms with Crippen molar-refractivity contribution in [1.29, 1.82) is 0 Å². The van der Waals surface area contributed by atoms with Gasteiger partial charge >= 0.3 is 5.97 Å². The van der Waals surface area contributed by atoms with Crippen molar-refractivity contribution >= 4 is 33.5 Å². The molecule has 6 heteroatoms. The number of hydrogen-bond donors (Lipinski definition) is 2. The quantitative estimate of drug-likeness (QED) is 0.252. The molecule has 1 aliphatic carbocycles. The molecule has 0 radical (unpaired) electrons. The number of fused-ring (bicyclic) bond motifs is 7. The molecule has 1 saturated carbocycles. The zero-order valence-electron chi connectivity index (χ0n) is 21.7. The second-order valence-electron chi connectivity index (χ2n) is 10.8. The van der Waals surface area contributed by atoms with E-state index in [1.807, 2.05) is 36.4 Å². The minimum absolute atomic E-state index is 0.281. The van der Waals surface area contributed by atoms with Crippen molar-refractivity contribution in [2.75, 3.05) is 11.9 Å². The third-order valence-corrected chi connectivity index (χ3v) is 8.50. The fraction of sp³-hybridized carbons (Fsp3) is 0.273. The Balaban J connectivity index is 1.48. The summed E-state index contributed by atoms with van der Waals surface area (Å²) in [5.74, 6) is -0.740. The molecule has 2 aliphatic rings. The van der Waals surface area contributed by atoms with E-state index in [1.54, 1.807) is 18.2 Å². The summed E-state index contributed by atoms with van der Waals surface area (Å²) in [5, 5.41) is 15.6. The molecule has 1 aliphatic heterocycles. The molecule has 3 heterocycles. The Morgan fingerprint density at radius 3 is 2.56 bits per heavy atom. The van der Waals surface area contributed by atoms with Gasteiger partial charge in [0, 0.05) is 40.5 Å². The molecule has 0 saturated heterocycles. The van der Waals surface area contributed by atoms with Crippen LogP contribution in [0.5, 0.6) is 0 Å². The van der Waals surface area contributed by atoms with Crippen LogP contribution in [-0.4, -0.2) is 27.2 Å². The minimum atomic E-state index is -0.901. The Hall–Kier alpha value is -4.19. The van der Waals surface area contributed by atoms with E-state index in [2.05, 4.69) is 16.0 Å². The Kier molecular flexibility index (Phi) is 5.84. The lowest BCUT2D eigenvalue weighted by molar-refractivity contribution is 0.0697. The first kappa shape index (κ1) is 23.9. The molecule has 2 N–H and O–H groups in total. The molecule has 0 unspecified atom stereocenters. The van der Waals surface area contributed by atoms with Crippen LogP contribution in [0.1, 0.15) is 60.4 Å². The Labute approximate surface area is 226 Å². The summed E-state index contributed by atoms with van der Waals surface area (Å²) >= 11 is 0. The predicted molar refractivity (Wildman–Crippen MR) is 154 cm³/mol. The molecule has 196 valence electrons. The van der Waals surface area contributed by atoms with Gasteiger partial charge in [-0.05, 0) is 79.3 Å². The average molecular weight is 520 g/mol. The Morgan fingerprint density at radius 2 is 1.74 bits per heavy atom. The summed E-state index contributed by atoms with van der Waals surface area (Å²) in [6, 6.07) is 20.5. The molecule has 0 atom stereocenters. The maximum Gasteiger partial charge on any atom is 0.335 e. The summed E-state index contributed by atoms with van der Waals surface area (Å²) < 4.78 is 16.9. The molecular weight excluding hydrogens is 489 g/mol. The molecule has 0 amide bonds. The smallest absolute Gasteiger partial charge is 0.335 e. The van der Waals surface area contributed by atoms with Crippen molar-refractivity contribution in [3.8, 4) is 22.5 Å². The lowest BCUT2D eigenvalue weighted by atomic mass is 9.81. The number of carboxylic acid groups (broad SMARTS) is 1. The number of nitrogens with zero attached hydrogens (tertiary/aromatic N) is 2. The number of carbonyl (C=O) groups is 1. The first-order chi connectivity index (χ1) is 19.1. The average Bonchev–Trinajstić information content (AvgIpc) is 3.26. The lowest BCUT2D eigenvalue weighted by Gasteiger charge is -2.26. The molecule has 39 heavy (non-hydrogen) atoms. The number of aryl methyl sites for hydroxylation is 1. The number of hydrogen-bond acceptors (Lipinski definition) is 3. The molecule has 0 spiro atoms. The minimum Gasteiger partial charge on any atom is -0.478 e. The fourth-order valence-electron chi connectivity index (χ4n) is 6.70. The van der Waals surface area contributed by atoms with E-state index in [9.17, 15) is 14.3 Å². The van der Waals surface area contributed by atoms with Crippen LogP contribution in [0, 0.1) is 5.82 Å². The molecule has 1 fully saturated rings. The van der Waals surface area contributed by atoms with Gasteiger partial charge in [0.2, 0.25) is 0 Å². The van der Waals surface area contributed by atoms with Crippen molar-refractivity contribution < 1.29 is 14.3 Å². The number of pyridine rings is 1. The molecule has 0 bridgehead atoms. The normalized spacial score (nSPS) is 15.8. The van der Waals surface area contributed by atoms with E-state index in [0.29, 0.717) is 22.7 Å². The maximum absolute atomic E-state index is 14.5. The van der Waals surface area contributed by atoms with Gasteiger partial charge in [0.1, 0.15) is 5.82 Å². The van der Waals surface area contributed by atoms with Crippen LogP contribution in [0.15, 0.2) is 66.7 Å². The monoisotopic (exact) mass is 519 g/mol. The van der Waals surface area contributed by atoms with Crippen LogP contribution < -0.4 is 5.32 Å². The molecule has 2 aromatic heterocycles. The highest BCUT2D eigenvalue weighted by atomic mass is 19.1. The van der Waals surface area contributed by atoms with Crippen LogP contribution in [0.2, 0.25) is 0 Å². The van der Waals surface area contributed by atoms with Crippen LogP contribution in [0.3, 0.4) is 0 Å². The zero-order valence-corrected chi connectivity index (χ0v) is 21.7. The van der Waals surface area contributed by atoms with E-state index < -0.39 is 5.97 Å². The Bertz CT molecular complexity index is 1750. The molecular formula is C33H30FN3O2. The van der Waals surface area contributed by atoms with Gasteiger partial charge in [-0.3, -0.25) is 0 Å². The van der Waals surface area contributed by atoms with E-state index in [0.717, 1.165) is 60.0 Å². The van der Waals surface area contributed by atoms with E-state index >= 15 is 0 Å². The summed E-state index contributed by atoms with van der Waals surface area (Å²) in [6.07, 6.45) is 6.92. The highest BCUT2D eigenvalue weighted by molar-refractivity contribution is 6.05. The number of anilines is 1. The van der Waals surface area contributed by atoms with Crippen LogP contribution >= 0.6 is 0 Å². The van der Waals surface area contributed by atoms with Gasteiger partial charge < -0.3 is 15.0 Å². The lowest BCUT2D eigenvalue weighted by Crippen LogP contribution is -2.14. The second kappa shape index (κ2) is 9.53. The molecule has 5 aromatic rings. The van der Waals surface area contributed by atoms with Crippen LogP contribution in [-0.2, 0) is 6.54 Å². The summed E-state index contributed by atoms with van der Waals surface area (Å²) in [7, 11) is 0. The van der Waals surface area contributed by atoms with Gasteiger partial charge in [0.15, 0.2) is 0 Å². The molecule has 7 rings (SSSR count). The summed E-state index contributed by atoms with van der Waals surface area (Å²) in [6.45, 7) is 1.61. The van der Waals surface area contributed by atoms with Gasteiger partial charge in [-0.25, -0.2) is 14.2 Å². The number of carboxylic acids is 1. The van der Waals surface area contributed by atoms with Crippen molar-refractivity contribution in [3.05, 3.63) is 83.7 Å². The number of nitrogens with one attached hydrogen (secondary N) is 1. The molecule has 3 aromatic carbocycles.